The summed E-state index contributed by atoms with van der Waals surface area (Å²) >= 11 is 0. The van der Waals surface area contributed by atoms with Gasteiger partial charge in [-0.1, -0.05) is 77.9 Å². The molecule has 0 amide bonds. The van der Waals surface area contributed by atoms with Crippen LogP contribution in [0.5, 0.6) is 0 Å². The van der Waals surface area contributed by atoms with Crippen LogP contribution in [0.1, 0.15) is 73.4 Å². The van der Waals surface area contributed by atoms with E-state index in [0.29, 0.717) is 11.1 Å². The molecule has 0 aliphatic rings. The van der Waals surface area contributed by atoms with E-state index >= 15 is 0 Å². The van der Waals surface area contributed by atoms with Gasteiger partial charge in [-0.15, -0.1) is 0 Å². The zero-order valence-corrected chi connectivity index (χ0v) is 17.1. The van der Waals surface area contributed by atoms with E-state index in [1.54, 1.807) is 24.3 Å². The minimum atomic E-state index is -0.712. The van der Waals surface area contributed by atoms with Crippen LogP contribution in [-0.2, 0) is 20.6 Å². The van der Waals surface area contributed by atoms with Gasteiger partial charge in [-0.2, -0.15) is 10.5 Å². The molecule has 0 aliphatic heterocycles. The fourth-order valence-electron chi connectivity index (χ4n) is 2.73. The lowest BCUT2D eigenvalue weighted by Crippen LogP contribution is -2.17. The molecule has 0 aromatic heterocycles. The number of carbonyl (C=O) groups excluding carboxylic acids is 2. The molecule has 0 aliphatic carbocycles. The van der Waals surface area contributed by atoms with Crippen molar-refractivity contribution in [2.45, 2.75) is 52.4 Å². The van der Waals surface area contributed by atoms with Gasteiger partial charge in [0.1, 0.15) is 0 Å². The van der Waals surface area contributed by atoms with Crippen molar-refractivity contribution in [2.24, 2.45) is 0 Å². The summed E-state index contributed by atoms with van der Waals surface area (Å²) in [5.74, 6) is -1.42. The van der Waals surface area contributed by atoms with Crippen LogP contribution in [-0.4, -0.2) is 22.5 Å². The molecule has 6 heteroatoms. The second kappa shape index (κ2) is 9.48. The van der Waals surface area contributed by atoms with Gasteiger partial charge < -0.3 is 0 Å². The van der Waals surface area contributed by atoms with E-state index in [4.69, 9.17) is 10.5 Å². The minimum Gasteiger partial charge on any atom is -0.295 e. The van der Waals surface area contributed by atoms with E-state index in [1.165, 1.54) is 0 Å². The maximum absolute atomic E-state index is 11.2. The van der Waals surface area contributed by atoms with E-state index in [0.717, 1.165) is 11.1 Å². The minimum absolute atomic E-state index is 0.148. The normalized spacial score (nSPS) is 11.1. The molecule has 152 valence electrons. The van der Waals surface area contributed by atoms with E-state index in [9.17, 15) is 9.59 Å². The van der Waals surface area contributed by atoms with Crippen LogP contribution in [0.4, 0.5) is 0 Å². The highest BCUT2D eigenvalue weighted by molar-refractivity contribution is 5.91. The summed E-state index contributed by atoms with van der Waals surface area (Å²) < 4.78 is 0. The summed E-state index contributed by atoms with van der Waals surface area (Å²) in [6, 6.07) is 14.2. The van der Waals surface area contributed by atoms with Gasteiger partial charge in [-0.3, -0.25) is 9.78 Å². The molecular weight excluding hydrogens is 360 g/mol. The molecule has 0 radical (unpaired) electrons. The molecule has 0 unspecified atom stereocenters. The monoisotopic (exact) mass is 388 g/mol. The molecule has 2 aromatic carbocycles. The molecule has 0 atom stereocenters. The average Bonchev–Trinajstić information content (AvgIpc) is 2.66. The first-order valence-electron chi connectivity index (χ1n) is 8.84. The zero-order chi connectivity index (χ0) is 21.5. The molecule has 0 spiro atoms. The Labute approximate surface area is 165 Å². The van der Waals surface area contributed by atoms with Gasteiger partial charge in [0.15, 0.2) is 0 Å². The summed E-state index contributed by atoms with van der Waals surface area (Å²) in [6.45, 7) is 12.0. The van der Waals surface area contributed by atoms with E-state index in [-0.39, 0.29) is 10.8 Å². The lowest BCUT2D eigenvalue weighted by atomic mass is 9.84. The summed E-state index contributed by atoms with van der Waals surface area (Å²) in [4.78, 5) is 29.9. The fraction of sp³-hybridized carbons (Fsp3) is 0.364. The SMILES string of the molecule is CC(C)(C)c1ccccc1C(=O)OO.CC(C)(C)c1ccccc1C(=O)OO. The lowest BCUT2D eigenvalue weighted by Gasteiger charge is -2.21. The van der Waals surface area contributed by atoms with Gasteiger partial charge >= 0.3 is 11.9 Å². The largest absolute Gasteiger partial charge is 0.373 e. The Bertz CT molecular complexity index is 743. The smallest absolute Gasteiger partial charge is 0.295 e. The fourth-order valence-corrected chi connectivity index (χ4v) is 2.73. The number of carbonyl (C=O) groups is 2. The Morgan fingerprint density at radius 3 is 1.18 bits per heavy atom. The summed E-state index contributed by atoms with van der Waals surface area (Å²) in [5.41, 5.74) is 2.23. The van der Waals surface area contributed by atoms with Crippen LogP contribution in [0.25, 0.3) is 0 Å². The van der Waals surface area contributed by atoms with E-state index < -0.39 is 11.9 Å². The molecule has 0 heterocycles. The lowest BCUT2D eigenvalue weighted by molar-refractivity contribution is -0.183. The van der Waals surface area contributed by atoms with E-state index in [2.05, 4.69) is 9.78 Å². The quantitative estimate of drug-likeness (QED) is 0.541. The third kappa shape index (κ3) is 6.18. The van der Waals surface area contributed by atoms with Crippen molar-refractivity contribution in [3.05, 3.63) is 70.8 Å². The maximum atomic E-state index is 11.2. The number of hydrogen-bond acceptors (Lipinski definition) is 6. The first kappa shape index (κ1) is 23.3. The molecule has 2 N–H and O–H groups in total. The third-order valence-electron chi connectivity index (χ3n) is 4.08. The molecular formula is C22H28O6. The van der Waals surface area contributed by atoms with Gasteiger partial charge in [-0.25, -0.2) is 9.59 Å². The van der Waals surface area contributed by atoms with E-state index in [1.807, 2.05) is 65.8 Å². The summed E-state index contributed by atoms with van der Waals surface area (Å²) in [6.07, 6.45) is 0. The van der Waals surface area contributed by atoms with Crippen molar-refractivity contribution in [3.63, 3.8) is 0 Å². The van der Waals surface area contributed by atoms with Crippen LogP contribution in [0.15, 0.2) is 48.5 Å². The molecule has 0 saturated heterocycles. The average molecular weight is 388 g/mol. The van der Waals surface area contributed by atoms with Gasteiger partial charge in [0, 0.05) is 0 Å². The molecule has 0 saturated carbocycles. The van der Waals surface area contributed by atoms with Crippen molar-refractivity contribution in [2.75, 3.05) is 0 Å². The summed E-state index contributed by atoms with van der Waals surface area (Å²) in [7, 11) is 0. The molecule has 0 bridgehead atoms. The van der Waals surface area contributed by atoms with Gasteiger partial charge in [-0.05, 0) is 34.1 Å². The first-order valence-corrected chi connectivity index (χ1v) is 8.84. The second-order valence-electron chi connectivity index (χ2n) is 8.35. The third-order valence-corrected chi connectivity index (χ3v) is 4.08. The van der Waals surface area contributed by atoms with Gasteiger partial charge in [0.25, 0.3) is 0 Å². The number of rotatable bonds is 2. The highest BCUT2D eigenvalue weighted by atomic mass is 17.1. The number of hydrogen-bond donors (Lipinski definition) is 2. The van der Waals surface area contributed by atoms with Crippen LogP contribution in [0, 0.1) is 0 Å². The first-order chi connectivity index (χ1) is 12.9. The van der Waals surface area contributed by atoms with Crippen molar-refractivity contribution in [3.8, 4) is 0 Å². The Balaban J connectivity index is 0.000000280. The molecule has 6 nitrogen and oxygen atoms in total. The van der Waals surface area contributed by atoms with Gasteiger partial charge in [0.05, 0.1) is 11.1 Å². The topological polar surface area (TPSA) is 93.1 Å². The predicted molar refractivity (Wildman–Crippen MR) is 106 cm³/mol. The van der Waals surface area contributed by atoms with Crippen molar-refractivity contribution in [1.29, 1.82) is 0 Å². The highest BCUT2D eigenvalue weighted by Gasteiger charge is 2.22. The van der Waals surface area contributed by atoms with Crippen LogP contribution in [0.2, 0.25) is 0 Å². The molecule has 2 rings (SSSR count). The Kier molecular flexibility index (Phi) is 7.90. The summed E-state index contributed by atoms with van der Waals surface area (Å²) in [5, 5.41) is 16.7. The van der Waals surface area contributed by atoms with Crippen molar-refractivity contribution in [1.82, 2.24) is 0 Å². The highest BCUT2D eigenvalue weighted by Crippen LogP contribution is 2.26. The Hall–Kier alpha value is -2.70. The van der Waals surface area contributed by atoms with Crippen LogP contribution in [0.3, 0.4) is 0 Å². The molecule has 2 aromatic rings. The van der Waals surface area contributed by atoms with Crippen molar-refractivity contribution < 1.29 is 29.9 Å². The second-order valence-corrected chi connectivity index (χ2v) is 8.35. The Morgan fingerprint density at radius 2 is 0.929 bits per heavy atom. The number of benzene rings is 2. The molecule has 28 heavy (non-hydrogen) atoms. The van der Waals surface area contributed by atoms with Crippen LogP contribution >= 0.6 is 0 Å². The Morgan fingerprint density at radius 1 is 0.643 bits per heavy atom. The predicted octanol–water partition coefficient (Wildman–Crippen LogP) is 5.23. The van der Waals surface area contributed by atoms with Gasteiger partial charge in [0.2, 0.25) is 0 Å². The standard InChI is InChI=1S/2C11H14O3/c2*1-11(2,3)9-7-5-4-6-8(9)10(12)14-13/h2*4-7,13H,1-3H3. The van der Waals surface area contributed by atoms with Crippen LogP contribution < -0.4 is 0 Å². The maximum Gasteiger partial charge on any atom is 0.373 e. The molecule has 0 fully saturated rings. The van der Waals surface area contributed by atoms with Crippen molar-refractivity contribution >= 4 is 11.9 Å². The zero-order valence-electron chi connectivity index (χ0n) is 17.1.